The van der Waals surface area contributed by atoms with Gasteiger partial charge >= 0.3 is 0 Å². The van der Waals surface area contributed by atoms with Gasteiger partial charge in [0.1, 0.15) is 24.2 Å². The molecular formula is C39H51N11O5. The molecule has 1 heterocycles. The molecule has 0 saturated carbocycles. The molecule has 0 aliphatic carbocycles. The number of nitrogens with zero attached hydrogens (tertiary/aromatic N) is 3. The first-order valence-electron chi connectivity index (χ1n) is 18.1. The Bertz CT molecular complexity index is 1860. The van der Waals surface area contributed by atoms with Gasteiger partial charge in [-0.15, -0.1) is 0 Å². The molecule has 5 amide bonds. The van der Waals surface area contributed by atoms with Crippen molar-refractivity contribution < 1.29 is 24.0 Å². The monoisotopic (exact) mass is 753 g/mol. The van der Waals surface area contributed by atoms with E-state index in [4.69, 9.17) is 28.7 Å². The molecule has 13 N–H and O–H groups in total. The van der Waals surface area contributed by atoms with E-state index in [9.17, 15) is 24.0 Å². The van der Waals surface area contributed by atoms with E-state index >= 15 is 0 Å². The maximum atomic E-state index is 14.6. The molecule has 4 rings (SSSR count). The Kier molecular flexibility index (Phi) is 15.1. The Morgan fingerprint density at radius 3 is 1.73 bits per heavy atom. The number of fused-ring (bicyclic) bond motifs is 1. The van der Waals surface area contributed by atoms with Crippen molar-refractivity contribution >= 4 is 41.5 Å². The molecule has 0 fully saturated rings. The van der Waals surface area contributed by atoms with Crippen molar-refractivity contribution in [2.75, 3.05) is 13.1 Å². The molecule has 0 radical (unpaired) electrons. The molecule has 1 aliphatic rings. The first-order valence-corrected chi connectivity index (χ1v) is 18.1. The number of amides is 5. The molecule has 0 spiro atoms. The van der Waals surface area contributed by atoms with Crippen LogP contribution in [-0.4, -0.2) is 83.6 Å². The summed E-state index contributed by atoms with van der Waals surface area (Å²) in [6.45, 7) is 1.77. The summed E-state index contributed by atoms with van der Waals surface area (Å²) < 4.78 is 0. The first-order chi connectivity index (χ1) is 26.3. The van der Waals surface area contributed by atoms with Gasteiger partial charge in [-0.05, 0) is 53.5 Å². The van der Waals surface area contributed by atoms with Gasteiger partial charge in [-0.25, -0.2) is 0 Å². The van der Waals surface area contributed by atoms with Gasteiger partial charge in [0.15, 0.2) is 11.9 Å². The highest BCUT2D eigenvalue weighted by Gasteiger charge is 2.38. The summed E-state index contributed by atoms with van der Waals surface area (Å²) in [7, 11) is 0. The topological polar surface area (TPSA) is 280 Å². The molecule has 0 saturated heterocycles. The van der Waals surface area contributed by atoms with Crippen LogP contribution in [0.1, 0.15) is 49.3 Å². The second kappa shape index (κ2) is 20.1. The predicted molar refractivity (Wildman–Crippen MR) is 211 cm³/mol. The zero-order valence-electron chi connectivity index (χ0n) is 30.9. The number of rotatable bonds is 18. The third-order valence-corrected chi connectivity index (χ3v) is 9.19. The number of carbonyl (C=O) groups is 5. The van der Waals surface area contributed by atoms with Crippen molar-refractivity contribution in [2.24, 2.45) is 38.7 Å². The lowest BCUT2D eigenvalue weighted by molar-refractivity contribution is -0.144. The highest BCUT2D eigenvalue weighted by Crippen LogP contribution is 2.25. The van der Waals surface area contributed by atoms with Crippen LogP contribution in [0, 0.1) is 0 Å². The zero-order chi connectivity index (χ0) is 39.9. The number of guanidine groups is 2. The number of primary amides is 1. The van der Waals surface area contributed by atoms with E-state index in [-0.39, 0.29) is 63.7 Å². The van der Waals surface area contributed by atoms with Gasteiger partial charge in [0.05, 0.1) is 0 Å². The van der Waals surface area contributed by atoms with Crippen molar-refractivity contribution in [3.05, 3.63) is 95.6 Å². The molecular weight excluding hydrogens is 703 g/mol. The number of carbonyl (C=O) groups excluding carboxylic acids is 5. The van der Waals surface area contributed by atoms with Gasteiger partial charge in [-0.2, -0.15) is 0 Å². The van der Waals surface area contributed by atoms with Crippen LogP contribution >= 0.6 is 0 Å². The molecule has 1 aliphatic heterocycles. The van der Waals surface area contributed by atoms with Gasteiger partial charge in [0, 0.05) is 39.4 Å². The second-order valence-electron chi connectivity index (χ2n) is 13.4. The lowest BCUT2D eigenvalue weighted by Gasteiger charge is -2.37. The quantitative estimate of drug-likeness (QED) is 0.0489. The lowest BCUT2D eigenvalue weighted by atomic mass is 9.92. The predicted octanol–water partition coefficient (Wildman–Crippen LogP) is -0.0836. The second-order valence-corrected chi connectivity index (χ2v) is 13.4. The normalized spacial score (nSPS) is 14.9. The number of hydrogen-bond donors (Lipinski definition) is 8. The minimum Gasteiger partial charge on any atom is -0.370 e. The summed E-state index contributed by atoms with van der Waals surface area (Å²) in [4.78, 5) is 76.5. The Labute approximate surface area is 320 Å². The molecule has 16 heteroatoms. The van der Waals surface area contributed by atoms with E-state index in [0.29, 0.717) is 6.42 Å². The van der Waals surface area contributed by atoms with Gasteiger partial charge in [0.25, 0.3) is 0 Å². The highest BCUT2D eigenvalue weighted by atomic mass is 16.2. The third kappa shape index (κ3) is 12.6. The van der Waals surface area contributed by atoms with E-state index in [1.165, 1.54) is 11.8 Å². The van der Waals surface area contributed by atoms with Crippen LogP contribution < -0.4 is 44.6 Å². The summed E-state index contributed by atoms with van der Waals surface area (Å²) in [5.41, 5.74) is 32.2. The van der Waals surface area contributed by atoms with Crippen molar-refractivity contribution in [3.8, 4) is 11.1 Å². The maximum absolute atomic E-state index is 14.6. The van der Waals surface area contributed by atoms with E-state index in [1.54, 1.807) is 0 Å². The number of benzene rings is 3. The Balaban J connectivity index is 1.64. The van der Waals surface area contributed by atoms with Gasteiger partial charge < -0.3 is 49.5 Å². The fourth-order valence-corrected chi connectivity index (χ4v) is 6.44. The molecule has 0 unspecified atom stereocenters. The number of nitrogens with one attached hydrogen (secondary N) is 3. The summed E-state index contributed by atoms with van der Waals surface area (Å²) in [6.07, 6.45) is 1.20. The lowest BCUT2D eigenvalue weighted by Crippen LogP contribution is -2.60. The van der Waals surface area contributed by atoms with Crippen LogP contribution in [0.3, 0.4) is 0 Å². The first kappa shape index (κ1) is 41.3. The Morgan fingerprint density at radius 1 is 0.673 bits per heavy atom. The molecule has 16 nitrogen and oxygen atoms in total. The number of aliphatic imine (C=N–C) groups is 2. The summed E-state index contributed by atoms with van der Waals surface area (Å²) in [5.74, 6) is -3.16. The minimum atomic E-state index is -1.17. The van der Waals surface area contributed by atoms with Crippen LogP contribution in [-0.2, 0) is 43.4 Å². The van der Waals surface area contributed by atoms with Crippen molar-refractivity contribution in [1.82, 2.24) is 20.9 Å². The van der Waals surface area contributed by atoms with Crippen LogP contribution in [0.5, 0.6) is 0 Å². The average Bonchev–Trinajstić information content (AvgIpc) is 3.16. The molecule has 0 aromatic heterocycles. The zero-order valence-corrected chi connectivity index (χ0v) is 30.9. The molecule has 292 valence electrons. The molecule has 3 aromatic rings. The number of hydrogen-bond acceptors (Lipinski definition) is 7. The largest absolute Gasteiger partial charge is 0.370 e. The summed E-state index contributed by atoms with van der Waals surface area (Å²) >= 11 is 0. The van der Waals surface area contributed by atoms with Crippen LogP contribution in [0.15, 0.2) is 88.8 Å². The summed E-state index contributed by atoms with van der Waals surface area (Å²) in [5, 5.41) is 8.25. The van der Waals surface area contributed by atoms with Crippen LogP contribution in [0.2, 0.25) is 0 Å². The van der Waals surface area contributed by atoms with Gasteiger partial charge in [-0.3, -0.25) is 34.0 Å². The molecule has 4 atom stereocenters. The van der Waals surface area contributed by atoms with Gasteiger partial charge in [-0.1, -0.05) is 78.9 Å². The van der Waals surface area contributed by atoms with Crippen molar-refractivity contribution in [1.29, 1.82) is 0 Å². The molecule has 0 bridgehead atoms. The smallest absolute Gasteiger partial charge is 0.246 e. The fraction of sp³-hybridized carbons (Fsp3) is 0.359. The Morgan fingerprint density at radius 2 is 1.18 bits per heavy atom. The summed E-state index contributed by atoms with van der Waals surface area (Å²) in [6, 6.07) is 20.6. The fourth-order valence-electron chi connectivity index (χ4n) is 6.44. The number of nitrogens with two attached hydrogens (primary N) is 5. The third-order valence-electron chi connectivity index (χ3n) is 9.19. The van der Waals surface area contributed by atoms with E-state index in [0.717, 1.165) is 27.8 Å². The highest BCUT2D eigenvalue weighted by molar-refractivity contribution is 5.95. The van der Waals surface area contributed by atoms with E-state index < -0.39 is 53.7 Å². The molecule has 3 aromatic carbocycles. The average molecular weight is 754 g/mol. The van der Waals surface area contributed by atoms with Gasteiger partial charge in [0.2, 0.25) is 29.5 Å². The minimum absolute atomic E-state index is 0.0667. The van der Waals surface area contributed by atoms with Crippen molar-refractivity contribution in [3.63, 3.8) is 0 Å². The maximum Gasteiger partial charge on any atom is 0.246 e. The van der Waals surface area contributed by atoms with E-state index in [1.807, 2.05) is 78.9 Å². The van der Waals surface area contributed by atoms with Crippen LogP contribution in [0.25, 0.3) is 11.1 Å². The standard InChI is InChI=1S/C39H51N11O5/c1-24(51)47-30(13-7-19-45-38(41)42)35(53)48-31(14-8-20-46-39(43)44)36(54)49-32(21-25-15-17-27(18-16-25)26-9-3-2-4-10-26)37(55)50-23-29-12-6-5-11-28(29)22-33(50)34(40)52/h2-6,9-12,15-18,30-33H,7-8,13-14,19-23H2,1H3,(H2,40,52)(H,47,51)(H,48,53)(H,49,54)(H4,41,42,45)(H4,43,44,46)/t30-,31-,32+,33+/m0/s1. The van der Waals surface area contributed by atoms with Crippen molar-refractivity contribution in [2.45, 2.75) is 76.2 Å². The SMILES string of the molecule is CC(=O)N[C@@H](CCCN=C(N)N)C(=O)N[C@@H](CCCN=C(N)N)C(=O)N[C@H](Cc1ccc(-c2ccccc2)cc1)C(=O)N1Cc2ccccc2C[C@@H]1C(N)=O. The molecule has 55 heavy (non-hydrogen) atoms. The van der Waals surface area contributed by atoms with Crippen LogP contribution in [0.4, 0.5) is 0 Å². The van der Waals surface area contributed by atoms with E-state index in [2.05, 4.69) is 25.9 Å². The Hall–Kier alpha value is -6.45.